The van der Waals surface area contributed by atoms with Crippen molar-refractivity contribution in [3.63, 3.8) is 0 Å². The molecule has 0 aliphatic carbocycles. The van der Waals surface area contributed by atoms with Gasteiger partial charge in [0.2, 0.25) is 5.91 Å². The number of amides is 1. The Hall–Kier alpha value is -1.66. The molecule has 22 heavy (non-hydrogen) atoms. The zero-order valence-electron chi connectivity index (χ0n) is 13.4. The number of hydrazine groups is 1. The molecule has 0 saturated carbocycles. The fourth-order valence-corrected chi connectivity index (χ4v) is 2.43. The van der Waals surface area contributed by atoms with Crippen LogP contribution in [0.1, 0.15) is 38.2 Å². The molecule has 0 heterocycles. The second kappa shape index (κ2) is 10.1. The minimum atomic E-state index is -0.183. The number of nitrogens with one attached hydrogen (secondary N) is 3. The minimum Gasteiger partial charge on any atom is -0.383 e. The average molecular weight is 323 g/mol. The third-order valence-electron chi connectivity index (χ3n) is 3.19. The van der Waals surface area contributed by atoms with Gasteiger partial charge < -0.3 is 10.1 Å². The molecule has 0 saturated heterocycles. The quantitative estimate of drug-likeness (QED) is 0.530. The molecule has 0 fully saturated rings. The van der Waals surface area contributed by atoms with Gasteiger partial charge in [0.05, 0.1) is 12.5 Å². The van der Waals surface area contributed by atoms with Gasteiger partial charge in [-0.3, -0.25) is 15.6 Å². The molecule has 1 aromatic rings. The maximum Gasteiger partial charge on any atom is 0.245 e. The molecule has 0 spiro atoms. The Balaban J connectivity index is 2.52. The van der Waals surface area contributed by atoms with Crippen molar-refractivity contribution in [2.24, 2.45) is 0 Å². The summed E-state index contributed by atoms with van der Waals surface area (Å²) in [5.41, 5.74) is 6.43. The van der Waals surface area contributed by atoms with E-state index in [4.69, 9.17) is 17.0 Å². The monoisotopic (exact) mass is 323 g/mol. The second-order valence-electron chi connectivity index (χ2n) is 5.20. The van der Waals surface area contributed by atoms with Gasteiger partial charge in [-0.25, -0.2) is 0 Å². The highest BCUT2D eigenvalue weighted by Crippen LogP contribution is 2.20. The lowest BCUT2D eigenvalue weighted by atomic mass is 9.94. The Morgan fingerprint density at radius 3 is 2.55 bits per heavy atom. The molecular formula is C16H25N3O2S. The summed E-state index contributed by atoms with van der Waals surface area (Å²) >= 11 is 5.14. The van der Waals surface area contributed by atoms with E-state index >= 15 is 0 Å². The van der Waals surface area contributed by atoms with Crippen LogP contribution in [0.15, 0.2) is 30.3 Å². The van der Waals surface area contributed by atoms with Crippen molar-refractivity contribution in [2.75, 3.05) is 13.7 Å². The van der Waals surface area contributed by atoms with Crippen LogP contribution in [-0.4, -0.2) is 30.8 Å². The summed E-state index contributed by atoms with van der Waals surface area (Å²) in [7, 11) is 1.63. The summed E-state index contributed by atoms with van der Waals surface area (Å²) in [6.07, 6.45) is 1.72. The highest BCUT2D eigenvalue weighted by atomic mass is 32.1. The SMILES string of the molecule is CCC[C@@H](C(=O)NNC(=S)N[C@@H](C)COC)c1ccccc1. The van der Waals surface area contributed by atoms with Gasteiger partial charge in [0.1, 0.15) is 0 Å². The summed E-state index contributed by atoms with van der Waals surface area (Å²) < 4.78 is 5.02. The van der Waals surface area contributed by atoms with Crippen LogP contribution >= 0.6 is 12.2 Å². The maximum absolute atomic E-state index is 12.4. The van der Waals surface area contributed by atoms with E-state index in [-0.39, 0.29) is 17.9 Å². The van der Waals surface area contributed by atoms with Crippen molar-refractivity contribution in [3.05, 3.63) is 35.9 Å². The van der Waals surface area contributed by atoms with Gasteiger partial charge in [-0.05, 0) is 31.1 Å². The largest absolute Gasteiger partial charge is 0.383 e. The first-order valence-electron chi connectivity index (χ1n) is 7.48. The zero-order valence-corrected chi connectivity index (χ0v) is 14.2. The van der Waals surface area contributed by atoms with Crippen LogP contribution in [0.25, 0.3) is 0 Å². The summed E-state index contributed by atoms with van der Waals surface area (Å²) in [6.45, 7) is 4.55. The highest BCUT2D eigenvalue weighted by molar-refractivity contribution is 7.80. The van der Waals surface area contributed by atoms with Gasteiger partial charge in [0, 0.05) is 13.2 Å². The molecular weight excluding hydrogens is 298 g/mol. The first kappa shape index (κ1) is 18.4. The fraction of sp³-hybridized carbons (Fsp3) is 0.500. The molecule has 0 aliphatic heterocycles. The van der Waals surface area contributed by atoms with Gasteiger partial charge in [-0.1, -0.05) is 43.7 Å². The van der Waals surface area contributed by atoms with Crippen LogP contribution in [-0.2, 0) is 9.53 Å². The molecule has 2 atom stereocenters. The van der Waals surface area contributed by atoms with E-state index in [0.29, 0.717) is 11.7 Å². The van der Waals surface area contributed by atoms with E-state index in [1.54, 1.807) is 7.11 Å². The van der Waals surface area contributed by atoms with Crippen LogP contribution in [0.5, 0.6) is 0 Å². The van der Waals surface area contributed by atoms with E-state index in [2.05, 4.69) is 23.1 Å². The number of hydrogen-bond donors (Lipinski definition) is 3. The van der Waals surface area contributed by atoms with Crippen LogP contribution in [0.2, 0.25) is 0 Å². The number of carbonyl (C=O) groups is 1. The molecule has 0 unspecified atom stereocenters. The molecule has 122 valence electrons. The van der Waals surface area contributed by atoms with Gasteiger partial charge in [-0.15, -0.1) is 0 Å². The zero-order chi connectivity index (χ0) is 16.4. The third-order valence-corrected chi connectivity index (χ3v) is 3.41. The predicted octanol–water partition coefficient (Wildman–Crippen LogP) is 2.10. The van der Waals surface area contributed by atoms with E-state index in [1.807, 2.05) is 37.3 Å². The second-order valence-corrected chi connectivity index (χ2v) is 5.60. The molecule has 5 nitrogen and oxygen atoms in total. The number of rotatable bonds is 7. The standard InChI is InChI=1S/C16H25N3O2S/c1-4-8-14(13-9-6-5-7-10-13)15(20)18-19-16(22)17-12(2)11-21-3/h5-7,9-10,12,14H,4,8,11H2,1-3H3,(H,18,20)(H2,17,19,22)/t12-,14+/m0/s1. The first-order valence-corrected chi connectivity index (χ1v) is 7.89. The number of carbonyl (C=O) groups excluding carboxylic acids is 1. The number of benzene rings is 1. The van der Waals surface area contributed by atoms with E-state index in [0.717, 1.165) is 18.4 Å². The van der Waals surface area contributed by atoms with Crippen LogP contribution in [0, 0.1) is 0 Å². The molecule has 0 bridgehead atoms. The summed E-state index contributed by atoms with van der Waals surface area (Å²) in [5, 5.41) is 3.40. The van der Waals surface area contributed by atoms with Crippen LogP contribution < -0.4 is 16.2 Å². The van der Waals surface area contributed by atoms with Crippen molar-refractivity contribution < 1.29 is 9.53 Å². The minimum absolute atomic E-state index is 0.0717. The highest BCUT2D eigenvalue weighted by Gasteiger charge is 2.19. The van der Waals surface area contributed by atoms with E-state index in [1.165, 1.54) is 0 Å². The predicted molar refractivity (Wildman–Crippen MR) is 92.4 cm³/mol. The first-order chi connectivity index (χ1) is 10.6. The normalized spacial score (nSPS) is 13.0. The molecule has 1 amide bonds. The van der Waals surface area contributed by atoms with Crippen molar-refractivity contribution in [1.29, 1.82) is 0 Å². The number of hydrogen-bond acceptors (Lipinski definition) is 3. The number of methoxy groups -OCH3 is 1. The lowest BCUT2D eigenvalue weighted by Gasteiger charge is -2.20. The Labute approximate surface area is 137 Å². The molecule has 0 radical (unpaired) electrons. The molecule has 1 aromatic carbocycles. The topological polar surface area (TPSA) is 62.4 Å². The van der Waals surface area contributed by atoms with Crippen molar-refractivity contribution in [2.45, 2.75) is 38.6 Å². The van der Waals surface area contributed by atoms with Crippen molar-refractivity contribution in [1.82, 2.24) is 16.2 Å². The van der Waals surface area contributed by atoms with Crippen LogP contribution in [0.3, 0.4) is 0 Å². The molecule has 0 aliphatic rings. The smallest absolute Gasteiger partial charge is 0.245 e. The molecule has 6 heteroatoms. The number of ether oxygens (including phenoxy) is 1. The fourth-order valence-electron chi connectivity index (χ4n) is 2.18. The Kier molecular flexibility index (Phi) is 8.47. The molecule has 3 N–H and O–H groups in total. The van der Waals surface area contributed by atoms with E-state index in [9.17, 15) is 4.79 Å². The van der Waals surface area contributed by atoms with Gasteiger partial charge in [-0.2, -0.15) is 0 Å². The Bertz CT molecular complexity index is 468. The van der Waals surface area contributed by atoms with Crippen molar-refractivity contribution >= 4 is 23.2 Å². The lowest BCUT2D eigenvalue weighted by molar-refractivity contribution is -0.123. The third kappa shape index (κ3) is 6.41. The summed E-state index contributed by atoms with van der Waals surface area (Å²) in [6, 6.07) is 9.84. The van der Waals surface area contributed by atoms with E-state index < -0.39 is 0 Å². The number of thiocarbonyl (C=S) groups is 1. The maximum atomic E-state index is 12.4. The van der Waals surface area contributed by atoms with Crippen LogP contribution in [0.4, 0.5) is 0 Å². The Morgan fingerprint density at radius 1 is 1.27 bits per heavy atom. The van der Waals surface area contributed by atoms with Gasteiger partial charge >= 0.3 is 0 Å². The van der Waals surface area contributed by atoms with Crippen molar-refractivity contribution in [3.8, 4) is 0 Å². The average Bonchev–Trinajstić information content (AvgIpc) is 2.51. The summed E-state index contributed by atoms with van der Waals surface area (Å²) in [4.78, 5) is 12.4. The lowest BCUT2D eigenvalue weighted by Crippen LogP contribution is -2.51. The molecule has 0 aromatic heterocycles. The van der Waals surface area contributed by atoms with Gasteiger partial charge in [0.25, 0.3) is 0 Å². The van der Waals surface area contributed by atoms with Gasteiger partial charge in [0.15, 0.2) is 5.11 Å². The summed E-state index contributed by atoms with van der Waals surface area (Å²) in [5.74, 6) is -0.269. The Morgan fingerprint density at radius 2 is 1.95 bits per heavy atom. The molecule has 1 rings (SSSR count).